The summed E-state index contributed by atoms with van der Waals surface area (Å²) in [6, 6.07) is 7.95. The Balaban J connectivity index is 1.57. The quantitative estimate of drug-likeness (QED) is 0.849. The summed E-state index contributed by atoms with van der Waals surface area (Å²) < 4.78 is 19.1. The van der Waals surface area contributed by atoms with Crippen molar-refractivity contribution in [3.63, 3.8) is 0 Å². The van der Waals surface area contributed by atoms with Crippen molar-refractivity contribution in [1.82, 2.24) is 14.9 Å². The molecule has 1 aromatic heterocycles. The Hall–Kier alpha value is -2.70. The Bertz CT molecular complexity index is 747. The van der Waals surface area contributed by atoms with E-state index in [0.717, 1.165) is 5.69 Å². The minimum absolute atomic E-state index is 0.0927. The van der Waals surface area contributed by atoms with Gasteiger partial charge in [0, 0.05) is 38.1 Å². The van der Waals surface area contributed by atoms with Crippen molar-refractivity contribution in [2.24, 2.45) is 0 Å². The average Bonchev–Trinajstić information content (AvgIpc) is 2.63. The van der Waals surface area contributed by atoms with E-state index in [0.29, 0.717) is 32.1 Å². The molecule has 0 N–H and O–H groups in total. The van der Waals surface area contributed by atoms with E-state index < -0.39 is 11.9 Å². The van der Waals surface area contributed by atoms with Crippen LogP contribution in [0.3, 0.4) is 0 Å². The second kappa shape index (κ2) is 7.46. The molecule has 7 heteroatoms. The van der Waals surface area contributed by atoms with Crippen molar-refractivity contribution >= 4 is 11.9 Å². The number of para-hydroxylation sites is 1. The highest BCUT2D eigenvalue weighted by atomic mass is 19.1. The van der Waals surface area contributed by atoms with Crippen LogP contribution in [0.2, 0.25) is 0 Å². The molecule has 3 rings (SSSR count). The Morgan fingerprint density at radius 2 is 1.92 bits per heavy atom. The lowest BCUT2D eigenvalue weighted by Gasteiger charge is -2.35. The van der Waals surface area contributed by atoms with Crippen LogP contribution in [0.5, 0.6) is 5.75 Å². The number of aryl methyl sites for hydroxylation is 1. The van der Waals surface area contributed by atoms with Gasteiger partial charge < -0.3 is 14.5 Å². The number of nitrogens with zero attached hydrogens (tertiary/aromatic N) is 4. The summed E-state index contributed by atoms with van der Waals surface area (Å²) in [5.41, 5.74) is 0.912. The molecule has 1 atom stereocenters. The zero-order valence-electron chi connectivity index (χ0n) is 14.4. The molecule has 2 heterocycles. The summed E-state index contributed by atoms with van der Waals surface area (Å²) in [7, 11) is 0. The van der Waals surface area contributed by atoms with Crippen molar-refractivity contribution in [1.29, 1.82) is 0 Å². The zero-order valence-corrected chi connectivity index (χ0v) is 14.4. The SMILES string of the molecule is Cc1ccnc(N2CCN(C(=O)[C@@H](C)Oc3ccccc3F)CC2)n1. The maximum absolute atomic E-state index is 13.7. The molecule has 6 nitrogen and oxygen atoms in total. The molecule has 1 fully saturated rings. The first-order valence-electron chi connectivity index (χ1n) is 8.29. The number of benzene rings is 1. The van der Waals surface area contributed by atoms with E-state index >= 15 is 0 Å². The number of hydrogen-bond donors (Lipinski definition) is 0. The fraction of sp³-hybridized carbons (Fsp3) is 0.389. The molecule has 1 amide bonds. The summed E-state index contributed by atoms with van der Waals surface area (Å²) in [6.07, 6.45) is 0.998. The summed E-state index contributed by atoms with van der Waals surface area (Å²) in [5.74, 6) is 0.162. The van der Waals surface area contributed by atoms with Gasteiger partial charge in [-0.1, -0.05) is 12.1 Å². The minimum Gasteiger partial charge on any atom is -0.478 e. The zero-order chi connectivity index (χ0) is 17.8. The monoisotopic (exact) mass is 344 g/mol. The Kier molecular flexibility index (Phi) is 5.11. The van der Waals surface area contributed by atoms with Crippen molar-refractivity contribution in [2.45, 2.75) is 20.0 Å². The molecular formula is C18H21FN4O2. The molecule has 25 heavy (non-hydrogen) atoms. The number of halogens is 1. The van der Waals surface area contributed by atoms with Crippen LogP contribution in [0.15, 0.2) is 36.5 Å². The van der Waals surface area contributed by atoms with Crippen LogP contribution >= 0.6 is 0 Å². The number of amides is 1. The number of rotatable bonds is 4. The van der Waals surface area contributed by atoms with Crippen molar-refractivity contribution in [3.05, 3.63) is 48.0 Å². The Morgan fingerprint density at radius 1 is 1.20 bits per heavy atom. The fourth-order valence-corrected chi connectivity index (χ4v) is 2.75. The Morgan fingerprint density at radius 3 is 2.60 bits per heavy atom. The maximum atomic E-state index is 13.7. The van der Waals surface area contributed by atoms with Crippen molar-refractivity contribution in [3.8, 4) is 5.75 Å². The van der Waals surface area contributed by atoms with E-state index in [1.165, 1.54) is 12.1 Å². The normalized spacial score (nSPS) is 15.8. The van der Waals surface area contributed by atoms with Gasteiger partial charge in [0.2, 0.25) is 5.95 Å². The highest BCUT2D eigenvalue weighted by molar-refractivity contribution is 5.81. The molecule has 0 spiro atoms. The molecule has 0 unspecified atom stereocenters. The molecule has 0 bridgehead atoms. The molecule has 1 saturated heterocycles. The van der Waals surface area contributed by atoms with Gasteiger partial charge in [-0.25, -0.2) is 14.4 Å². The van der Waals surface area contributed by atoms with Gasteiger partial charge in [0.15, 0.2) is 17.7 Å². The number of anilines is 1. The molecule has 0 radical (unpaired) electrons. The largest absolute Gasteiger partial charge is 0.478 e. The first-order chi connectivity index (χ1) is 12.0. The lowest BCUT2D eigenvalue weighted by atomic mass is 10.2. The van der Waals surface area contributed by atoms with Gasteiger partial charge in [0.25, 0.3) is 5.91 Å². The van der Waals surface area contributed by atoms with Crippen molar-refractivity contribution < 1.29 is 13.9 Å². The summed E-state index contributed by atoms with van der Waals surface area (Å²) in [6.45, 7) is 5.99. The number of carbonyl (C=O) groups is 1. The molecule has 1 aliphatic heterocycles. The summed E-state index contributed by atoms with van der Waals surface area (Å²) >= 11 is 0. The molecule has 1 aromatic carbocycles. The number of hydrogen-bond acceptors (Lipinski definition) is 5. The molecule has 2 aromatic rings. The van der Waals surface area contributed by atoms with Gasteiger partial charge in [-0.3, -0.25) is 4.79 Å². The van der Waals surface area contributed by atoms with E-state index in [9.17, 15) is 9.18 Å². The van der Waals surface area contributed by atoms with Crippen LogP contribution in [0.1, 0.15) is 12.6 Å². The highest BCUT2D eigenvalue weighted by Crippen LogP contribution is 2.18. The first kappa shape index (κ1) is 17.1. The van der Waals surface area contributed by atoms with Gasteiger partial charge in [-0.2, -0.15) is 0 Å². The third kappa shape index (κ3) is 4.04. The predicted molar refractivity (Wildman–Crippen MR) is 92.1 cm³/mol. The molecular weight excluding hydrogens is 323 g/mol. The van der Waals surface area contributed by atoms with Crippen LogP contribution in [0.25, 0.3) is 0 Å². The minimum atomic E-state index is -0.737. The average molecular weight is 344 g/mol. The lowest BCUT2D eigenvalue weighted by Crippen LogP contribution is -2.52. The number of aromatic nitrogens is 2. The van der Waals surface area contributed by atoms with Gasteiger partial charge in [0.1, 0.15) is 0 Å². The highest BCUT2D eigenvalue weighted by Gasteiger charge is 2.27. The van der Waals surface area contributed by atoms with Crippen molar-refractivity contribution in [2.75, 3.05) is 31.1 Å². The van der Waals surface area contributed by atoms with Crippen LogP contribution < -0.4 is 9.64 Å². The standard InChI is InChI=1S/C18H21FN4O2/c1-13-7-8-20-18(21-13)23-11-9-22(10-12-23)17(24)14(2)25-16-6-4-3-5-15(16)19/h3-8,14H,9-12H2,1-2H3/t14-/m1/s1. The van der Waals surface area contributed by atoms with Crippen LogP contribution in [-0.2, 0) is 4.79 Å². The van der Waals surface area contributed by atoms with E-state index in [-0.39, 0.29) is 11.7 Å². The summed E-state index contributed by atoms with van der Waals surface area (Å²) in [4.78, 5) is 25.0. The number of ether oxygens (including phenoxy) is 1. The topological polar surface area (TPSA) is 58.6 Å². The third-order valence-corrected chi connectivity index (χ3v) is 4.14. The van der Waals surface area contributed by atoms with Crippen LogP contribution in [0.4, 0.5) is 10.3 Å². The van der Waals surface area contributed by atoms with E-state index in [4.69, 9.17) is 4.74 Å². The van der Waals surface area contributed by atoms with Gasteiger partial charge >= 0.3 is 0 Å². The third-order valence-electron chi connectivity index (χ3n) is 4.14. The van der Waals surface area contributed by atoms with E-state index in [2.05, 4.69) is 14.9 Å². The number of carbonyl (C=O) groups excluding carboxylic acids is 1. The van der Waals surface area contributed by atoms with E-state index in [1.807, 2.05) is 13.0 Å². The molecule has 0 aliphatic carbocycles. The molecule has 132 valence electrons. The second-order valence-electron chi connectivity index (χ2n) is 6.00. The number of piperazine rings is 1. The second-order valence-corrected chi connectivity index (χ2v) is 6.00. The predicted octanol–water partition coefficient (Wildman–Crippen LogP) is 2.04. The Labute approximate surface area is 146 Å². The fourth-order valence-electron chi connectivity index (χ4n) is 2.75. The van der Waals surface area contributed by atoms with Crippen LogP contribution in [0, 0.1) is 12.7 Å². The molecule has 1 aliphatic rings. The first-order valence-corrected chi connectivity index (χ1v) is 8.29. The van der Waals surface area contributed by atoms with E-state index in [1.54, 1.807) is 30.2 Å². The lowest BCUT2D eigenvalue weighted by molar-refractivity contribution is -0.138. The van der Waals surface area contributed by atoms with Gasteiger partial charge in [-0.15, -0.1) is 0 Å². The smallest absolute Gasteiger partial charge is 0.263 e. The maximum Gasteiger partial charge on any atom is 0.263 e. The molecule has 0 saturated carbocycles. The summed E-state index contributed by atoms with van der Waals surface area (Å²) in [5, 5.41) is 0. The van der Waals surface area contributed by atoms with Crippen LogP contribution in [-0.4, -0.2) is 53.1 Å². The van der Waals surface area contributed by atoms with Gasteiger partial charge in [0.05, 0.1) is 0 Å². The van der Waals surface area contributed by atoms with Gasteiger partial charge in [-0.05, 0) is 32.0 Å².